The average molecular weight is 285 g/mol. The van der Waals surface area contributed by atoms with E-state index in [0.717, 1.165) is 30.8 Å². The van der Waals surface area contributed by atoms with Crippen molar-refractivity contribution < 1.29 is 4.79 Å². The van der Waals surface area contributed by atoms with Crippen molar-refractivity contribution in [2.45, 2.75) is 17.7 Å². The zero-order valence-electron chi connectivity index (χ0n) is 10.6. The number of benzene rings is 1. The Morgan fingerprint density at radius 3 is 2.78 bits per heavy atom. The summed E-state index contributed by atoms with van der Waals surface area (Å²) in [6, 6.07) is 3.98. The number of rotatable bonds is 1. The molecule has 2 rings (SSSR count). The van der Waals surface area contributed by atoms with Gasteiger partial charge in [-0.15, -0.1) is 0 Å². The molecule has 0 aliphatic carbocycles. The van der Waals surface area contributed by atoms with Crippen molar-refractivity contribution in [3.63, 3.8) is 0 Å². The Morgan fingerprint density at radius 1 is 1.33 bits per heavy atom. The highest BCUT2D eigenvalue weighted by atomic mass is 35.5. The van der Waals surface area contributed by atoms with Gasteiger partial charge in [-0.3, -0.25) is 4.79 Å². The molecule has 1 aliphatic heterocycles. The zero-order chi connectivity index (χ0) is 13.1. The number of halogens is 1. The molecule has 18 heavy (non-hydrogen) atoms. The van der Waals surface area contributed by atoms with Crippen LogP contribution in [0, 0.1) is 0 Å². The SMILES string of the molecule is CN(C)C(=O)Sc1c(Cl)ccc2c1CCNCC2. The van der Waals surface area contributed by atoms with Crippen molar-refractivity contribution in [2.75, 3.05) is 27.2 Å². The summed E-state index contributed by atoms with van der Waals surface area (Å²) >= 11 is 7.48. The summed E-state index contributed by atoms with van der Waals surface area (Å²) < 4.78 is 0. The van der Waals surface area contributed by atoms with E-state index in [1.54, 1.807) is 19.0 Å². The third kappa shape index (κ3) is 2.99. The quantitative estimate of drug-likeness (QED) is 0.805. The Labute approximate surface area is 117 Å². The maximum absolute atomic E-state index is 11.9. The molecule has 0 fully saturated rings. The van der Waals surface area contributed by atoms with Gasteiger partial charge >= 0.3 is 0 Å². The molecule has 0 radical (unpaired) electrons. The van der Waals surface area contributed by atoms with Gasteiger partial charge in [0, 0.05) is 19.0 Å². The normalized spacial score (nSPS) is 14.8. The van der Waals surface area contributed by atoms with Gasteiger partial charge in [0.2, 0.25) is 0 Å². The number of nitrogens with zero attached hydrogens (tertiary/aromatic N) is 1. The van der Waals surface area contributed by atoms with Gasteiger partial charge in [-0.2, -0.15) is 0 Å². The first-order valence-corrected chi connectivity index (χ1v) is 7.19. The van der Waals surface area contributed by atoms with Crippen molar-refractivity contribution in [2.24, 2.45) is 0 Å². The highest BCUT2D eigenvalue weighted by molar-refractivity contribution is 8.13. The molecular weight excluding hydrogens is 268 g/mol. The van der Waals surface area contributed by atoms with Crippen LogP contribution >= 0.6 is 23.4 Å². The molecular formula is C13H17ClN2OS. The fraction of sp³-hybridized carbons (Fsp3) is 0.462. The largest absolute Gasteiger partial charge is 0.339 e. The van der Waals surface area contributed by atoms with E-state index in [0.29, 0.717) is 5.02 Å². The van der Waals surface area contributed by atoms with E-state index in [1.165, 1.54) is 22.9 Å². The van der Waals surface area contributed by atoms with Crippen LogP contribution in [0.2, 0.25) is 5.02 Å². The van der Waals surface area contributed by atoms with Gasteiger partial charge in [-0.1, -0.05) is 17.7 Å². The van der Waals surface area contributed by atoms with Crippen molar-refractivity contribution >= 4 is 28.6 Å². The maximum atomic E-state index is 11.9. The molecule has 98 valence electrons. The number of thioether (sulfide) groups is 1. The molecule has 0 atom stereocenters. The lowest BCUT2D eigenvalue weighted by molar-refractivity contribution is 0.241. The Kier molecular flexibility index (Phi) is 4.54. The lowest BCUT2D eigenvalue weighted by atomic mass is 10.0. The fourth-order valence-corrected chi connectivity index (χ4v) is 3.17. The maximum Gasteiger partial charge on any atom is 0.285 e. The second-order valence-corrected chi connectivity index (χ2v) is 5.90. The van der Waals surface area contributed by atoms with E-state index in [4.69, 9.17) is 11.6 Å². The van der Waals surface area contributed by atoms with Crippen molar-refractivity contribution in [3.05, 3.63) is 28.3 Å². The first kappa shape index (κ1) is 13.7. The van der Waals surface area contributed by atoms with Crippen LogP contribution in [0.1, 0.15) is 11.1 Å². The number of fused-ring (bicyclic) bond motifs is 1. The first-order valence-electron chi connectivity index (χ1n) is 5.99. The monoisotopic (exact) mass is 284 g/mol. The van der Waals surface area contributed by atoms with Crippen LogP contribution in [0.4, 0.5) is 4.79 Å². The highest BCUT2D eigenvalue weighted by Gasteiger charge is 2.18. The molecule has 1 amide bonds. The van der Waals surface area contributed by atoms with Gasteiger partial charge in [0.15, 0.2) is 0 Å². The minimum atomic E-state index is 0.0162. The van der Waals surface area contributed by atoms with Gasteiger partial charge < -0.3 is 10.2 Å². The second kappa shape index (κ2) is 5.95. The Bertz CT molecular complexity index is 463. The lowest BCUT2D eigenvalue weighted by Gasteiger charge is -2.15. The molecule has 1 heterocycles. The molecule has 1 aromatic carbocycles. The molecule has 1 aromatic rings. The Hall–Kier alpha value is -0.710. The highest BCUT2D eigenvalue weighted by Crippen LogP contribution is 2.35. The van der Waals surface area contributed by atoms with E-state index >= 15 is 0 Å². The molecule has 1 aliphatic rings. The van der Waals surface area contributed by atoms with Crippen LogP contribution in [0.15, 0.2) is 17.0 Å². The van der Waals surface area contributed by atoms with Crippen LogP contribution in [0.5, 0.6) is 0 Å². The van der Waals surface area contributed by atoms with E-state index < -0.39 is 0 Å². The summed E-state index contributed by atoms with van der Waals surface area (Å²) in [7, 11) is 3.51. The Morgan fingerprint density at radius 2 is 2.06 bits per heavy atom. The van der Waals surface area contributed by atoms with Crippen LogP contribution in [0.25, 0.3) is 0 Å². The molecule has 3 nitrogen and oxygen atoms in total. The Balaban J connectivity index is 2.36. The number of amides is 1. The van der Waals surface area contributed by atoms with E-state index in [-0.39, 0.29) is 5.24 Å². The third-order valence-electron chi connectivity index (χ3n) is 2.99. The van der Waals surface area contributed by atoms with Crippen molar-refractivity contribution in [1.29, 1.82) is 0 Å². The number of carbonyl (C=O) groups is 1. The predicted octanol–water partition coefficient (Wildman–Crippen LogP) is 2.80. The summed E-state index contributed by atoms with van der Waals surface area (Å²) in [6.45, 7) is 1.93. The average Bonchev–Trinajstić information content (AvgIpc) is 2.57. The minimum absolute atomic E-state index is 0.0162. The number of hydrogen-bond donors (Lipinski definition) is 1. The van der Waals surface area contributed by atoms with Gasteiger partial charge in [-0.25, -0.2) is 0 Å². The molecule has 0 bridgehead atoms. The molecule has 1 N–H and O–H groups in total. The van der Waals surface area contributed by atoms with Gasteiger partial charge in [-0.05, 0) is 54.9 Å². The summed E-state index contributed by atoms with van der Waals surface area (Å²) in [6.07, 6.45) is 1.93. The number of hydrogen-bond acceptors (Lipinski definition) is 3. The summed E-state index contributed by atoms with van der Waals surface area (Å²) in [5.74, 6) is 0. The third-order valence-corrected chi connectivity index (χ3v) is 4.62. The van der Waals surface area contributed by atoms with Gasteiger partial charge in [0.25, 0.3) is 5.24 Å². The minimum Gasteiger partial charge on any atom is -0.339 e. The molecule has 0 saturated heterocycles. The van der Waals surface area contributed by atoms with Gasteiger partial charge in [0.1, 0.15) is 0 Å². The van der Waals surface area contributed by atoms with Crippen LogP contribution < -0.4 is 5.32 Å². The molecule has 0 unspecified atom stereocenters. The number of carbonyl (C=O) groups excluding carboxylic acids is 1. The topological polar surface area (TPSA) is 32.3 Å². The zero-order valence-corrected chi connectivity index (χ0v) is 12.2. The summed E-state index contributed by atoms with van der Waals surface area (Å²) in [5.41, 5.74) is 2.53. The van der Waals surface area contributed by atoms with E-state index in [1.807, 2.05) is 6.07 Å². The second-order valence-electron chi connectivity index (χ2n) is 4.53. The van der Waals surface area contributed by atoms with Crippen molar-refractivity contribution in [1.82, 2.24) is 10.2 Å². The van der Waals surface area contributed by atoms with Crippen molar-refractivity contribution in [3.8, 4) is 0 Å². The predicted molar refractivity (Wildman–Crippen MR) is 76.7 cm³/mol. The smallest absolute Gasteiger partial charge is 0.285 e. The first-order chi connectivity index (χ1) is 8.59. The standard InChI is InChI=1S/C13H17ClN2OS/c1-16(2)13(17)18-12-10-6-8-15-7-5-9(10)3-4-11(12)14/h3-4,15H,5-8H2,1-2H3. The van der Waals surface area contributed by atoms with Crippen LogP contribution in [-0.4, -0.2) is 37.3 Å². The van der Waals surface area contributed by atoms with Crippen LogP contribution in [0.3, 0.4) is 0 Å². The van der Waals surface area contributed by atoms with Gasteiger partial charge in [0.05, 0.1) is 5.02 Å². The van der Waals surface area contributed by atoms with E-state index in [9.17, 15) is 4.79 Å². The summed E-state index contributed by atoms with van der Waals surface area (Å²) in [4.78, 5) is 14.4. The molecule has 0 aromatic heterocycles. The fourth-order valence-electron chi connectivity index (χ4n) is 2.00. The van der Waals surface area contributed by atoms with E-state index in [2.05, 4.69) is 11.4 Å². The number of nitrogens with one attached hydrogen (secondary N) is 1. The lowest BCUT2D eigenvalue weighted by Crippen LogP contribution is -2.17. The molecule has 0 spiro atoms. The summed E-state index contributed by atoms with van der Waals surface area (Å²) in [5, 5.41) is 4.06. The van der Waals surface area contributed by atoms with Crippen LogP contribution in [-0.2, 0) is 12.8 Å². The molecule has 0 saturated carbocycles. The molecule has 5 heteroatoms.